The lowest BCUT2D eigenvalue weighted by atomic mass is 9.85. The third-order valence-corrected chi connectivity index (χ3v) is 5.47. The quantitative estimate of drug-likeness (QED) is 0.418. The normalized spacial score (nSPS) is 17.2. The number of alkyl halides is 5. The molecule has 0 bridgehead atoms. The van der Waals surface area contributed by atoms with Gasteiger partial charge in [0.15, 0.2) is 10.8 Å². The Morgan fingerprint density at radius 2 is 1.94 bits per heavy atom. The zero-order chi connectivity index (χ0) is 23.3. The maximum atomic E-state index is 13.1. The van der Waals surface area contributed by atoms with Gasteiger partial charge >= 0.3 is 18.3 Å². The number of carboxylic acids is 1. The summed E-state index contributed by atoms with van der Waals surface area (Å²) in [5.74, 6) is -2.87. The molecular formula is C18H11ClF5NO5S. The van der Waals surface area contributed by atoms with E-state index in [1.165, 1.54) is 6.92 Å². The molecule has 2 aliphatic rings. The third kappa shape index (κ3) is 4.22. The number of fused-ring (bicyclic) bond motifs is 1. The summed E-state index contributed by atoms with van der Waals surface area (Å²) >= 11 is 6.30. The van der Waals surface area contributed by atoms with E-state index in [1.54, 1.807) is 0 Å². The van der Waals surface area contributed by atoms with E-state index < -0.39 is 46.9 Å². The monoisotopic (exact) mass is 483 g/mol. The molecule has 3 rings (SSSR count). The van der Waals surface area contributed by atoms with Crippen LogP contribution in [0.2, 0.25) is 0 Å². The molecule has 0 saturated carbocycles. The van der Waals surface area contributed by atoms with E-state index in [0.29, 0.717) is 17.4 Å². The summed E-state index contributed by atoms with van der Waals surface area (Å²) in [4.78, 5) is 28.4. The van der Waals surface area contributed by atoms with Crippen LogP contribution in [0.5, 0.6) is 5.06 Å². The van der Waals surface area contributed by atoms with Crippen molar-refractivity contribution < 1.29 is 46.5 Å². The molecule has 0 fully saturated rings. The number of hydrogen-bond acceptors (Lipinski definition) is 6. The van der Waals surface area contributed by atoms with Crippen LogP contribution in [0.4, 0.5) is 22.0 Å². The number of carbonyl (C=O) groups excluding carboxylic acids is 1. The Hall–Kier alpha value is -2.73. The van der Waals surface area contributed by atoms with Crippen molar-refractivity contribution in [2.24, 2.45) is 4.99 Å². The Kier molecular flexibility index (Phi) is 5.74. The zero-order valence-corrected chi connectivity index (χ0v) is 16.9. The van der Waals surface area contributed by atoms with Crippen LogP contribution in [0.1, 0.15) is 30.1 Å². The van der Waals surface area contributed by atoms with Crippen molar-refractivity contribution in [2.45, 2.75) is 32.1 Å². The molecule has 0 unspecified atom stereocenters. The van der Waals surface area contributed by atoms with Gasteiger partial charge in [-0.1, -0.05) is 11.6 Å². The first-order valence-electron chi connectivity index (χ1n) is 8.31. The van der Waals surface area contributed by atoms with Gasteiger partial charge in [-0.05, 0) is 12.5 Å². The Morgan fingerprint density at radius 1 is 1.29 bits per heavy atom. The molecule has 2 N–H and O–H groups in total. The largest absolute Gasteiger partial charge is 0.506 e. The van der Waals surface area contributed by atoms with Crippen LogP contribution in [0.15, 0.2) is 49.6 Å². The number of Topliss-reactive ketones (excluding diaryl/α,β-unsaturated/α-hetero) is 1. The molecule has 0 spiro atoms. The molecule has 166 valence electrons. The molecule has 0 saturated heterocycles. The number of aliphatic hydroxyl groups excluding tert-OH is 1. The van der Waals surface area contributed by atoms with Gasteiger partial charge in [0.05, 0.1) is 22.7 Å². The minimum absolute atomic E-state index is 0.0427. The molecule has 1 aromatic rings. The summed E-state index contributed by atoms with van der Waals surface area (Å²) in [6.07, 6.45) is -12.0. The highest BCUT2D eigenvalue weighted by Gasteiger charge is 2.61. The van der Waals surface area contributed by atoms with Gasteiger partial charge in [-0.15, -0.1) is 11.3 Å². The molecule has 0 atom stereocenters. The Bertz CT molecular complexity index is 1110. The molecule has 0 amide bonds. The van der Waals surface area contributed by atoms with E-state index in [4.69, 9.17) is 16.7 Å². The molecule has 31 heavy (non-hydrogen) atoms. The molecule has 1 aliphatic carbocycles. The molecule has 1 aromatic heterocycles. The van der Waals surface area contributed by atoms with E-state index in [0.717, 1.165) is 5.38 Å². The Balaban J connectivity index is 2.03. The van der Waals surface area contributed by atoms with Crippen molar-refractivity contribution in [2.75, 3.05) is 0 Å². The number of thiophene rings is 1. The van der Waals surface area contributed by atoms with Gasteiger partial charge in [-0.25, -0.2) is 0 Å². The van der Waals surface area contributed by atoms with Crippen LogP contribution in [-0.4, -0.2) is 40.0 Å². The minimum atomic E-state index is -5.97. The zero-order valence-electron chi connectivity index (χ0n) is 15.3. The SMILES string of the molecule is CC1=C(CC(=O)O)C2=C(C(=O)c3csc(OC(F)(F)C(F)(F)F)c3)C(O)=C(Cl)CC2=N1. The number of carbonyl (C=O) groups is 2. The lowest BCUT2D eigenvalue weighted by Gasteiger charge is -2.20. The molecular weight excluding hydrogens is 473 g/mol. The van der Waals surface area contributed by atoms with Gasteiger partial charge in [0.25, 0.3) is 0 Å². The van der Waals surface area contributed by atoms with Crippen molar-refractivity contribution >= 4 is 40.4 Å². The highest BCUT2D eigenvalue weighted by Crippen LogP contribution is 2.43. The highest BCUT2D eigenvalue weighted by atomic mass is 35.5. The highest BCUT2D eigenvalue weighted by molar-refractivity contribution is 7.12. The first-order chi connectivity index (χ1) is 14.2. The molecule has 0 radical (unpaired) electrons. The average Bonchev–Trinajstić information content (AvgIpc) is 3.19. The number of carboxylic acid groups (broad SMARTS) is 1. The summed E-state index contributed by atoms with van der Waals surface area (Å²) in [6.45, 7) is 1.50. The predicted octanol–water partition coefficient (Wildman–Crippen LogP) is 5.38. The van der Waals surface area contributed by atoms with Gasteiger partial charge in [0.1, 0.15) is 5.76 Å². The van der Waals surface area contributed by atoms with Crippen molar-refractivity contribution in [3.63, 3.8) is 0 Å². The second kappa shape index (κ2) is 7.75. The number of hydrogen-bond donors (Lipinski definition) is 2. The minimum Gasteiger partial charge on any atom is -0.506 e. The molecule has 13 heteroatoms. The second-order valence-corrected chi connectivity index (χ2v) is 7.80. The summed E-state index contributed by atoms with van der Waals surface area (Å²) in [5, 5.41) is 19.5. The fourth-order valence-corrected chi connectivity index (χ4v) is 3.98. The van der Waals surface area contributed by atoms with Crippen LogP contribution in [0.3, 0.4) is 0 Å². The van der Waals surface area contributed by atoms with Crippen molar-refractivity contribution in [3.05, 3.63) is 50.2 Å². The van der Waals surface area contributed by atoms with Crippen LogP contribution in [0, 0.1) is 0 Å². The van der Waals surface area contributed by atoms with Gasteiger partial charge in [-0.3, -0.25) is 14.6 Å². The second-order valence-electron chi connectivity index (χ2n) is 6.47. The lowest BCUT2D eigenvalue weighted by Crippen LogP contribution is -2.41. The number of ketones is 1. The van der Waals surface area contributed by atoms with Crippen LogP contribution in [-0.2, 0) is 4.79 Å². The summed E-state index contributed by atoms with van der Waals surface area (Å²) in [7, 11) is 0. The number of aliphatic hydroxyl groups is 1. The Morgan fingerprint density at radius 3 is 2.52 bits per heavy atom. The maximum absolute atomic E-state index is 13.1. The third-order valence-electron chi connectivity index (χ3n) is 4.35. The molecule has 2 heterocycles. The topological polar surface area (TPSA) is 96.2 Å². The molecule has 6 nitrogen and oxygen atoms in total. The number of aliphatic carboxylic acids is 1. The van der Waals surface area contributed by atoms with Crippen LogP contribution >= 0.6 is 22.9 Å². The van der Waals surface area contributed by atoms with Crippen LogP contribution in [0.25, 0.3) is 0 Å². The molecule has 0 aromatic carbocycles. The van der Waals surface area contributed by atoms with E-state index in [9.17, 15) is 36.6 Å². The van der Waals surface area contributed by atoms with Gasteiger partial charge in [0, 0.05) is 34.7 Å². The Labute approximate surface area is 179 Å². The number of halogens is 6. The number of aliphatic imine (C=N–C) groups is 1. The van der Waals surface area contributed by atoms with Gasteiger partial charge in [-0.2, -0.15) is 22.0 Å². The first kappa shape index (κ1) is 22.9. The summed E-state index contributed by atoms with van der Waals surface area (Å²) in [5.41, 5.74) is -0.0730. The van der Waals surface area contributed by atoms with Crippen molar-refractivity contribution in [1.82, 2.24) is 0 Å². The summed E-state index contributed by atoms with van der Waals surface area (Å²) in [6, 6.07) is 0.662. The van der Waals surface area contributed by atoms with Crippen LogP contribution < -0.4 is 4.74 Å². The average molecular weight is 484 g/mol. The van der Waals surface area contributed by atoms with E-state index >= 15 is 0 Å². The molecule has 1 aliphatic heterocycles. The smallest absolute Gasteiger partial charge is 0.499 e. The van der Waals surface area contributed by atoms with Crippen molar-refractivity contribution in [1.29, 1.82) is 0 Å². The fourth-order valence-electron chi connectivity index (χ4n) is 3.00. The van der Waals surface area contributed by atoms with E-state index in [1.807, 2.05) is 0 Å². The number of allylic oxidation sites excluding steroid dienone is 4. The maximum Gasteiger partial charge on any atom is 0.499 e. The van der Waals surface area contributed by atoms with Gasteiger partial charge < -0.3 is 14.9 Å². The number of nitrogens with zero attached hydrogens (tertiary/aromatic N) is 1. The lowest BCUT2D eigenvalue weighted by molar-refractivity contribution is -0.359. The van der Waals surface area contributed by atoms with E-state index in [2.05, 4.69) is 9.73 Å². The van der Waals surface area contributed by atoms with Gasteiger partial charge in [0.2, 0.25) is 0 Å². The van der Waals surface area contributed by atoms with Crippen molar-refractivity contribution in [3.8, 4) is 5.06 Å². The number of ether oxygens (including phenoxy) is 1. The predicted molar refractivity (Wildman–Crippen MR) is 99.8 cm³/mol. The fraction of sp³-hybridized carbons (Fsp3) is 0.278. The number of rotatable bonds is 6. The van der Waals surface area contributed by atoms with E-state index in [-0.39, 0.29) is 39.6 Å². The first-order valence-corrected chi connectivity index (χ1v) is 9.57. The summed E-state index contributed by atoms with van der Waals surface area (Å²) < 4.78 is 66.9. The standard InChI is InChI=1S/C18H11ClF5NO5S/c1-6-8(3-11(26)27)13-10(25-6)4-9(19)16(29)14(13)15(28)7-2-12(31-5-7)30-18(23,24)17(20,21)22/h2,5,29H,3-4H2,1H3,(H,26,27).